The topological polar surface area (TPSA) is 52.7 Å². The fraction of sp³-hybridized carbons (Fsp3) is 0.833. The Morgan fingerprint density at radius 1 is 1.45 bits per heavy atom. The summed E-state index contributed by atoms with van der Waals surface area (Å²) in [5, 5.41) is 3.14. The normalized spacial score (nSPS) is 28.1. The Bertz CT molecular complexity index is 400. The number of carbonyl (C=O) groups excluding carboxylic acids is 2. The summed E-state index contributed by atoms with van der Waals surface area (Å²) in [5.41, 5.74) is 0. The summed E-state index contributed by atoms with van der Waals surface area (Å²) in [6, 6.07) is 0.00279. The summed E-state index contributed by atoms with van der Waals surface area (Å²) in [6.45, 7) is 2.35. The molecule has 2 aliphatic heterocycles. The minimum atomic E-state index is -4.42. The van der Waals surface area contributed by atoms with Crippen LogP contribution in [0.5, 0.6) is 0 Å². The van der Waals surface area contributed by atoms with E-state index in [9.17, 15) is 22.8 Å². The summed E-state index contributed by atoms with van der Waals surface area (Å²) in [4.78, 5) is 26.3. The molecule has 2 heterocycles. The second kappa shape index (κ2) is 5.59. The third-order valence-electron chi connectivity index (χ3n) is 3.72. The van der Waals surface area contributed by atoms with Gasteiger partial charge in [0.2, 0.25) is 11.8 Å². The highest BCUT2D eigenvalue weighted by atomic mass is 19.4. The molecule has 2 aliphatic rings. The van der Waals surface area contributed by atoms with Gasteiger partial charge in [-0.25, -0.2) is 0 Å². The Hall–Kier alpha value is -1.31. The Morgan fingerprint density at radius 3 is 2.75 bits per heavy atom. The van der Waals surface area contributed by atoms with Crippen LogP contribution >= 0.6 is 0 Å². The molecule has 2 rings (SSSR count). The molecule has 0 aliphatic carbocycles. The van der Waals surface area contributed by atoms with Gasteiger partial charge in [-0.1, -0.05) is 0 Å². The quantitative estimate of drug-likeness (QED) is 0.792. The summed E-state index contributed by atoms with van der Waals surface area (Å²) in [6.07, 6.45) is -4.54. The van der Waals surface area contributed by atoms with Crippen LogP contribution in [0.15, 0.2) is 0 Å². The lowest BCUT2D eigenvalue weighted by atomic mass is 10.1. The van der Waals surface area contributed by atoms with Crippen LogP contribution in [-0.4, -0.2) is 66.6 Å². The van der Waals surface area contributed by atoms with E-state index in [-0.39, 0.29) is 24.9 Å². The molecule has 0 radical (unpaired) electrons. The minimum absolute atomic E-state index is 0.00279. The number of nitrogens with zero attached hydrogens (tertiary/aromatic N) is 2. The van der Waals surface area contributed by atoms with Crippen LogP contribution in [0.25, 0.3) is 0 Å². The van der Waals surface area contributed by atoms with E-state index in [1.807, 2.05) is 6.92 Å². The Morgan fingerprint density at radius 2 is 2.15 bits per heavy atom. The fourth-order valence-corrected chi connectivity index (χ4v) is 2.71. The smallest absolute Gasteiger partial charge is 0.337 e. The number of nitrogens with one attached hydrogen (secondary N) is 1. The first-order chi connectivity index (χ1) is 9.28. The summed E-state index contributed by atoms with van der Waals surface area (Å²) in [7, 11) is 0. The van der Waals surface area contributed by atoms with Gasteiger partial charge in [0, 0.05) is 38.6 Å². The maximum absolute atomic E-state index is 12.3. The van der Waals surface area contributed by atoms with Gasteiger partial charge in [-0.05, 0) is 6.92 Å². The standard InChI is InChI=1S/C12H18F3N3O2/c1-8-5-16-2-3-18(8)11(20)9-4-10(19)17(6-9)7-12(13,14)15/h8-9,16H,2-7H2,1H3/t8-,9?/m1/s1. The summed E-state index contributed by atoms with van der Waals surface area (Å²) >= 11 is 0. The second-order valence-electron chi connectivity index (χ2n) is 5.38. The Kier molecular flexibility index (Phi) is 4.22. The van der Waals surface area contributed by atoms with Crippen molar-refractivity contribution in [3.8, 4) is 0 Å². The van der Waals surface area contributed by atoms with Crippen molar-refractivity contribution in [2.75, 3.05) is 32.7 Å². The average Bonchev–Trinajstić information content (AvgIpc) is 2.68. The van der Waals surface area contributed by atoms with Crippen LogP contribution in [0.4, 0.5) is 13.2 Å². The first kappa shape index (κ1) is 15.1. The largest absolute Gasteiger partial charge is 0.406 e. The van der Waals surface area contributed by atoms with Crippen molar-refractivity contribution in [3.63, 3.8) is 0 Å². The van der Waals surface area contributed by atoms with Crippen molar-refractivity contribution in [1.29, 1.82) is 0 Å². The van der Waals surface area contributed by atoms with E-state index in [1.165, 1.54) is 0 Å². The first-order valence-electron chi connectivity index (χ1n) is 6.63. The number of hydrogen-bond acceptors (Lipinski definition) is 3. The predicted octanol–water partition coefficient (Wildman–Crippen LogP) is 0.217. The zero-order chi connectivity index (χ0) is 14.9. The molecule has 0 bridgehead atoms. The molecule has 2 saturated heterocycles. The van der Waals surface area contributed by atoms with Crippen LogP contribution in [0.3, 0.4) is 0 Å². The van der Waals surface area contributed by atoms with Gasteiger partial charge in [-0.3, -0.25) is 9.59 Å². The van der Waals surface area contributed by atoms with Crippen molar-refractivity contribution in [2.45, 2.75) is 25.6 Å². The van der Waals surface area contributed by atoms with Gasteiger partial charge >= 0.3 is 6.18 Å². The van der Waals surface area contributed by atoms with Gasteiger partial charge in [-0.15, -0.1) is 0 Å². The molecule has 114 valence electrons. The number of alkyl halides is 3. The maximum atomic E-state index is 12.3. The van der Waals surface area contributed by atoms with Crippen LogP contribution < -0.4 is 5.32 Å². The number of hydrogen-bond donors (Lipinski definition) is 1. The number of halogens is 3. The van der Waals surface area contributed by atoms with Crippen molar-refractivity contribution in [1.82, 2.24) is 15.1 Å². The molecule has 0 aromatic heterocycles. The Balaban J connectivity index is 1.97. The van der Waals surface area contributed by atoms with Gasteiger partial charge in [0.1, 0.15) is 6.54 Å². The molecule has 5 nitrogen and oxygen atoms in total. The fourth-order valence-electron chi connectivity index (χ4n) is 2.71. The lowest BCUT2D eigenvalue weighted by Crippen LogP contribution is -2.54. The van der Waals surface area contributed by atoms with Crippen LogP contribution in [0.1, 0.15) is 13.3 Å². The molecule has 0 aromatic rings. The van der Waals surface area contributed by atoms with Gasteiger partial charge < -0.3 is 15.1 Å². The highest BCUT2D eigenvalue weighted by Crippen LogP contribution is 2.25. The molecule has 20 heavy (non-hydrogen) atoms. The molecule has 0 saturated carbocycles. The second-order valence-corrected chi connectivity index (χ2v) is 5.38. The van der Waals surface area contributed by atoms with Crippen molar-refractivity contribution in [3.05, 3.63) is 0 Å². The van der Waals surface area contributed by atoms with E-state index in [0.717, 1.165) is 4.90 Å². The summed E-state index contributed by atoms with van der Waals surface area (Å²) < 4.78 is 37.0. The zero-order valence-corrected chi connectivity index (χ0v) is 11.2. The van der Waals surface area contributed by atoms with E-state index in [0.29, 0.717) is 19.6 Å². The highest BCUT2D eigenvalue weighted by molar-refractivity contribution is 5.89. The monoisotopic (exact) mass is 293 g/mol. The van der Waals surface area contributed by atoms with E-state index >= 15 is 0 Å². The first-order valence-corrected chi connectivity index (χ1v) is 6.63. The summed E-state index contributed by atoms with van der Waals surface area (Å²) in [5.74, 6) is -1.45. The van der Waals surface area contributed by atoms with Gasteiger partial charge in [-0.2, -0.15) is 13.2 Å². The average molecular weight is 293 g/mol. The van der Waals surface area contributed by atoms with Crippen LogP contribution in [-0.2, 0) is 9.59 Å². The number of carbonyl (C=O) groups is 2. The third kappa shape index (κ3) is 3.41. The number of likely N-dealkylation sites (tertiary alicyclic amines) is 1. The highest BCUT2D eigenvalue weighted by Gasteiger charge is 2.42. The van der Waals surface area contributed by atoms with E-state index in [2.05, 4.69) is 5.32 Å². The molecule has 1 unspecified atom stereocenters. The molecule has 1 N–H and O–H groups in total. The lowest BCUT2D eigenvalue weighted by Gasteiger charge is -2.35. The molecule has 2 fully saturated rings. The Labute approximate surface area is 115 Å². The van der Waals surface area contributed by atoms with Crippen LogP contribution in [0, 0.1) is 5.92 Å². The number of piperazine rings is 1. The molecular weight excluding hydrogens is 275 g/mol. The van der Waals surface area contributed by atoms with E-state index in [1.54, 1.807) is 4.90 Å². The third-order valence-corrected chi connectivity index (χ3v) is 3.72. The molecule has 2 atom stereocenters. The maximum Gasteiger partial charge on any atom is 0.406 e. The number of amides is 2. The molecule has 8 heteroatoms. The number of rotatable bonds is 2. The minimum Gasteiger partial charge on any atom is -0.337 e. The van der Waals surface area contributed by atoms with Gasteiger partial charge in [0.05, 0.1) is 5.92 Å². The predicted molar refractivity (Wildman–Crippen MR) is 64.8 cm³/mol. The molecular formula is C12H18F3N3O2. The lowest BCUT2D eigenvalue weighted by molar-refractivity contribution is -0.157. The van der Waals surface area contributed by atoms with Crippen LogP contribution in [0.2, 0.25) is 0 Å². The molecule has 2 amide bonds. The van der Waals surface area contributed by atoms with Gasteiger partial charge in [0.25, 0.3) is 0 Å². The molecule has 0 spiro atoms. The van der Waals surface area contributed by atoms with Crippen molar-refractivity contribution < 1.29 is 22.8 Å². The van der Waals surface area contributed by atoms with Crippen molar-refractivity contribution >= 4 is 11.8 Å². The van der Waals surface area contributed by atoms with E-state index < -0.39 is 24.5 Å². The van der Waals surface area contributed by atoms with E-state index in [4.69, 9.17) is 0 Å². The van der Waals surface area contributed by atoms with Crippen molar-refractivity contribution in [2.24, 2.45) is 5.92 Å². The zero-order valence-electron chi connectivity index (χ0n) is 11.2. The SMILES string of the molecule is C[C@@H]1CNCCN1C(=O)C1CC(=O)N(CC(F)(F)F)C1. The van der Waals surface area contributed by atoms with Gasteiger partial charge in [0.15, 0.2) is 0 Å². The molecule has 0 aromatic carbocycles.